The molecular formula is C27H36F2N4O2. The molecular weight excluding hydrogens is 450 g/mol. The van der Waals surface area contributed by atoms with Gasteiger partial charge in [0.15, 0.2) is 0 Å². The lowest BCUT2D eigenvalue weighted by molar-refractivity contribution is 0.0947. The number of nitrogens with two attached hydrogens (primary N) is 1. The van der Waals surface area contributed by atoms with Gasteiger partial charge in [0, 0.05) is 31.6 Å². The van der Waals surface area contributed by atoms with Crippen molar-refractivity contribution in [3.8, 4) is 11.3 Å². The molecule has 0 bridgehead atoms. The molecule has 0 saturated heterocycles. The predicted molar refractivity (Wildman–Crippen MR) is 137 cm³/mol. The summed E-state index contributed by atoms with van der Waals surface area (Å²) in [5.74, 6) is -1.51. The van der Waals surface area contributed by atoms with Gasteiger partial charge in [-0.2, -0.15) is 0 Å². The second-order valence-corrected chi connectivity index (χ2v) is 7.57. The Labute approximate surface area is 206 Å². The average molecular weight is 487 g/mol. The molecule has 0 atom stereocenters. The Morgan fingerprint density at radius 3 is 2.11 bits per heavy atom. The van der Waals surface area contributed by atoms with Crippen LogP contribution in [0.15, 0.2) is 48.8 Å². The number of aryl methyl sites for hydroxylation is 1. The van der Waals surface area contributed by atoms with E-state index in [9.17, 15) is 13.6 Å². The summed E-state index contributed by atoms with van der Waals surface area (Å²) in [6.45, 7) is 5.85. The zero-order valence-corrected chi connectivity index (χ0v) is 20.9. The summed E-state index contributed by atoms with van der Waals surface area (Å²) >= 11 is 0. The van der Waals surface area contributed by atoms with Crippen LogP contribution in [0.3, 0.4) is 0 Å². The molecule has 1 aliphatic carbocycles. The van der Waals surface area contributed by atoms with Gasteiger partial charge in [0.05, 0.1) is 5.56 Å². The van der Waals surface area contributed by atoms with Crippen molar-refractivity contribution in [1.82, 2.24) is 15.3 Å². The monoisotopic (exact) mass is 486 g/mol. The molecule has 190 valence electrons. The number of carbonyl (C=O) groups excluding carboxylic acids is 1. The summed E-state index contributed by atoms with van der Waals surface area (Å²) in [6.07, 6.45) is 10.4. The van der Waals surface area contributed by atoms with Gasteiger partial charge in [-0.05, 0) is 42.3 Å². The van der Waals surface area contributed by atoms with Gasteiger partial charge in [0.1, 0.15) is 23.1 Å². The van der Waals surface area contributed by atoms with Crippen LogP contribution in [-0.2, 0) is 6.54 Å². The lowest BCUT2D eigenvalue weighted by Crippen LogP contribution is -2.24. The van der Waals surface area contributed by atoms with Crippen molar-refractivity contribution in [2.45, 2.75) is 59.4 Å². The summed E-state index contributed by atoms with van der Waals surface area (Å²) < 4.78 is 27.7. The number of hydrogen-bond acceptors (Lipinski definition) is 5. The van der Waals surface area contributed by atoms with Crippen LogP contribution in [0.25, 0.3) is 11.3 Å². The maximum atomic E-state index is 14.4. The zero-order valence-electron chi connectivity index (χ0n) is 20.9. The van der Waals surface area contributed by atoms with Crippen LogP contribution in [0.1, 0.15) is 67.4 Å². The van der Waals surface area contributed by atoms with Gasteiger partial charge in [-0.25, -0.2) is 13.8 Å². The smallest absolute Gasteiger partial charge is 0.254 e. The maximum Gasteiger partial charge on any atom is 0.254 e. The summed E-state index contributed by atoms with van der Waals surface area (Å²) in [5, 5.41) is 9.58. The molecule has 0 spiro atoms. The number of nitrogens with one attached hydrogen (secondary N) is 1. The van der Waals surface area contributed by atoms with Crippen LogP contribution < -0.4 is 11.1 Å². The third-order valence-electron chi connectivity index (χ3n) is 5.02. The topological polar surface area (TPSA) is 101 Å². The molecule has 0 radical (unpaired) electrons. The number of nitrogens with zero attached hydrogens (tertiary/aromatic N) is 2. The molecule has 6 nitrogen and oxygen atoms in total. The van der Waals surface area contributed by atoms with Crippen LogP contribution >= 0.6 is 0 Å². The van der Waals surface area contributed by atoms with Gasteiger partial charge >= 0.3 is 0 Å². The van der Waals surface area contributed by atoms with E-state index in [4.69, 9.17) is 10.8 Å². The van der Waals surface area contributed by atoms with Crippen LogP contribution in [0.5, 0.6) is 0 Å². The molecule has 2 aromatic carbocycles. The second-order valence-electron chi connectivity index (χ2n) is 7.57. The van der Waals surface area contributed by atoms with Crippen LogP contribution in [0.2, 0.25) is 0 Å². The molecule has 35 heavy (non-hydrogen) atoms. The SMILES string of the molecule is C1CCCC1.CC.CO.Cc1cc(F)cc(CNC(=O)c2ccc(-c3nccnc3N)cc2F)c1. The van der Waals surface area contributed by atoms with Crippen molar-refractivity contribution in [2.24, 2.45) is 0 Å². The molecule has 1 aromatic heterocycles. The number of nitrogen functional groups attached to an aromatic ring is 1. The first-order valence-corrected chi connectivity index (χ1v) is 11.8. The molecule has 4 rings (SSSR count). The van der Waals surface area contributed by atoms with Gasteiger partial charge in [-0.15, -0.1) is 0 Å². The van der Waals surface area contributed by atoms with Crippen molar-refractivity contribution >= 4 is 11.7 Å². The number of rotatable bonds is 4. The highest BCUT2D eigenvalue weighted by Gasteiger charge is 2.14. The van der Waals surface area contributed by atoms with Gasteiger partial charge in [-0.1, -0.05) is 58.1 Å². The van der Waals surface area contributed by atoms with E-state index in [1.807, 2.05) is 13.8 Å². The van der Waals surface area contributed by atoms with E-state index < -0.39 is 11.7 Å². The van der Waals surface area contributed by atoms with E-state index in [1.165, 1.54) is 68.8 Å². The Morgan fingerprint density at radius 2 is 1.57 bits per heavy atom. The average Bonchev–Trinajstić information content (AvgIpc) is 3.45. The van der Waals surface area contributed by atoms with E-state index in [0.717, 1.165) is 12.7 Å². The van der Waals surface area contributed by atoms with Crippen LogP contribution in [0, 0.1) is 18.6 Å². The molecule has 4 N–H and O–H groups in total. The Morgan fingerprint density at radius 1 is 0.971 bits per heavy atom. The fraction of sp³-hybridized carbons (Fsp3) is 0.370. The highest BCUT2D eigenvalue weighted by atomic mass is 19.1. The normalized spacial score (nSPS) is 11.6. The summed E-state index contributed by atoms with van der Waals surface area (Å²) in [4.78, 5) is 20.2. The molecule has 1 aliphatic rings. The number of aromatic nitrogens is 2. The number of anilines is 1. The quantitative estimate of drug-likeness (QED) is 0.431. The van der Waals surface area contributed by atoms with E-state index in [-0.39, 0.29) is 23.7 Å². The summed E-state index contributed by atoms with van der Waals surface area (Å²) in [5.41, 5.74) is 7.71. The highest BCUT2D eigenvalue weighted by molar-refractivity contribution is 5.95. The number of hydrogen-bond donors (Lipinski definition) is 3. The lowest BCUT2D eigenvalue weighted by atomic mass is 10.1. The number of benzene rings is 2. The molecule has 3 aromatic rings. The first kappa shape index (κ1) is 29.6. The summed E-state index contributed by atoms with van der Waals surface area (Å²) in [7, 11) is 1.00. The number of halogens is 2. The maximum absolute atomic E-state index is 14.4. The molecule has 0 aliphatic heterocycles. The number of aliphatic hydroxyl groups excluding tert-OH is 1. The number of carbonyl (C=O) groups is 1. The van der Waals surface area contributed by atoms with Gasteiger partial charge in [0.2, 0.25) is 0 Å². The Hall–Kier alpha value is -3.39. The standard InChI is InChI=1S/C19H16F2N4O.C5H10.C2H6.CH4O/c1-11-6-12(8-14(20)7-11)10-25-19(26)15-3-2-13(9-16(15)21)17-18(22)24-5-4-23-17;1-2-4-5-3-1;2*1-2/h2-9H,10H2,1H3,(H2,22,24)(H,25,26);1-5H2;1-2H3;2H,1H3. The fourth-order valence-corrected chi connectivity index (χ4v) is 3.49. The molecule has 1 amide bonds. The Balaban J connectivity index is 0.000000584. The van der Waals surface area contributed by atoms with Gasteiger partial charge in [0.25, 0.3) is 5.91 Å². The first-order valence-electron chi connectivity index (χ1n) is 11.8. The van der Waals surface area contributed by atoms with Crippen molar-refractivity contribution in [3.05, 3.63) is 77.1 Å². The van der Waals surface area contributed by atoms with E-state index in [2.05, 4.69) is 15.3 Å². The lowest BCUT2D eigenvalue weighted by Gasteiger charge is -2.09. The number of amides is 1. The third kappa shape index (κ3) is 9.78. The number of aliphatic hydroxyl groups is 1. The largest absolute Gasteiger partial charge is 0.400 e. The molecule has 1 saturated carbocycles. The second kappa shape index (κ2) is 16.3. The van der Waals surface area contributed by atoms with Gasteiger partial charge in [-0.3, -0.25) is 9.78 Å². The molecule has 1 heterocycles. The van der Waals surface area contributed by atoms with E-state index >= 15 is 0 Å². The summed E-state index contributed by atoms with van der Waals surface area (Å²) in [6, 6.07) is 8.54. The zero-order chi connectivity index (χ0) is 26.2. The van der Waals surface area contributed by atoms with Crippen molar-refractivity contribution in [1.29, 1.82) is 0 Å². The minimum atomic E-state index is -0.708. The molecule has 1 fully saturated rings. The minimum Gasteiger partial charge on any atom is -0.400 e. The first-order chi connectivity index (χ1) is 16.9. The van der Waals surface area contributed by atoms with E-state index in [0.29, 0.717) is 16.8 Å². The Kier molecular flexibility index (Phi) is 13.8. The fourth-order valence-electron chi connectivity index (χ4n) is 3.49. The Bertz CT molecular complexity index is 1030. The molecule has 0 unspecified atom stereocenters. The van der Waals surface area contributed by atoms with E-state index in [1.54, 1.807) is 19.1 Å². The predicted octanol–water partition coefficient (Wildman–Crippen LogP) is 5.83. The molecule has 8 heteroatoms. The van der Waals surface area contributed by atoms with Crippen molar-refractivity contribution < 1.29 is 18.7 Å². The van der Waals surface area contributed by atoms with Gasteiger partial charge < -0.3 is 16.2 Å². The van der Waals surface area contributed by atoms with Crippen molar-refractivity contribution in [2.75, 3.05) is 12.8 Å². The minimum absolute atomic E-state index is 0.0930. The van der Waals surface area contributed by atoms with Crippen LogP contribution in [-0.4, -0.2) is 28.1 Å². The van der Waals surface area contributed by atoms with Crippen LogP contribution in [0.4, 0.5) is 14.6 Å². The van der Waals surface area contributed by atoms with Crippen molar-refractivity contribution in [3.63, 3.8) is 0 Å². The third-order valence-corrected chi connectivity index (χ3v) is 5.02. The highest BCUT2D eigenvalue weighted by Crippen LogP contribution is 2.23.